The van der Waals surface area contributed by atoms with Crippen LogP contribution in [0.2, 0.25) is 0 Å². The highest BCUT2D eigenvalue weighted by Gasteiger charge is 2.18. The summed E-state index contributed by atoms with van der Waals surface area (Å²) in [4.78, 5) is 2.59. The Hall–Kier alpha value is -1.90. The Balaban J connectivity index is 1.58. The van der Waals surface area contributed by atoms with E-state index in [1.54, 1.807) is 11.8 Å². The van der Waals surface area contributed by atoms with E-state index in [-0.39, 0.29) is 12.7 Å². The molecule has 1 saturated heterocycles. The van der Waals surface area contributed by atoms with E-state index in [4.69, 9.17) is 30.8 Å². The van der Waals surface area contributed by atoms with Gasteiger partial charge in [0, 0.05) is 13.1 Å². The molecule has 24 heavy (non-hydrogen) atoms. The molecule has 0 bridgehead atoms. The van der Waals surface area contributed by atoms with Crippen LogP contribution in [0.1, 0.15) is 12.8 Å². The van der Waals surface area contributed by atoms with Gasteiger partial charge in [-0.3, -0.25) is 4.90 Å². The Morgan fingerprint density at radius 1 is 1.29 bits per heavy atom. The molecule has 1 aromatic heterocycles. The fourth-order valence-electron chi connectivity index (χ4n) is 2.52. The molecule has 1 atom stereocenters. The van der Waals surface area contributed by atoms with E-state index in [0.717, 1.165) is 25.4 Å². The second-order valence-electron chi connectivity index (χ2n) is 5.63. The molecule has 7 nitrogen and oxygen atoms in total. The van der Waals surface area contributed by atoms with Crippen molar-refractivity contribution >= 4 is 12.2 Å². The number of nitrogens with zero attached hydrogens (tertiary/aromatic N) is 3. The summed E-state index contributed by atoms with van der Waals surface area (Å²) < 4.78 is 23.5. The zero-order valence-electron chi connectivity index (χ0n) is 13.8. The van der Waals surface area contributed by atoms with Crippen LogP contribution in [0, 0.1) is 4.84 Å². The highest BCUT2D eigenvalue weighted by atomic mass is 32.1. The second kappa shape index (κ2) is 7.78. The van der Waals surface area contributed by atoms with Gasteiger partial charge in [0.25, 0.3) is 10.7 Å². The van der Waals surface area contributed by atoms with Gasteiger partial charge >= 0.3 is 0 Å². The van der Waals surface area contributed by atoms with Gasteiger partial charge in [-0.05, 0) is 43.4 Å². The Morgan fingerprint density at radius 3 is 2.75 bits per heavy atom. The maximum absolute atomic E-state index is 5.66. The third-order valence-corrected chi connectivity index (χ3v) is 4.02. The average molecular weight is 351 g/mol. The fourth-order valence-corrected chi connectivity index (χ4v) is 2.72. The molecule has 130 valence electrons. The zero-order chi connectivity index (χ0) is 16.9. The molecule has 8 heteroatoms. The molecule has 0 N–H and O–H groups in total. The Morgan fingerprint density at radius 2 is 2.04 bits per heavy atom. The second-order valence-corrected chi connectivity index (χ2v) is 5.97. The van der Waals surface area contributed by atoms with E-state index in [2.05, 4.69) is 16.9 Å². The van der Waals surface area contributed by atoms with Crippen molar-refractivity contribution in [1.82, 2.24) is 14.7 Å². The molecule has 1 aliphatic rings. The van der Waals surface area contributed by atoms with Crippen molar-refractivity contribution in [3.63, 3.8) is 0 Å². The van der Waals surface area contributed by atoms with Crippen LogP contribution in [0.5, 0.6) is 11.5 Å². The maximum Gasteiger partial charge on any atom is 0.288 e. The van der Waals surface area contributed by atoms with Gasteiger partial charge in [-0.2, -0.15) is 0 Å². The van der Waals surface area contributed by atoms with Crippen LogP contribution in [0.4, 0.5) is 0 Å². The van der Waals surface area contributed by atoms with Gasteiger partial charge in [0.15, 0.2) is 6.61 Å². The number of methoxy groups -OCH3 is 1. The molecule has 2 heterocycles. The van der Waals surface area contributed by atoms with Gasteiger partial charge in [-0.25, -0.2) is 4.68 Å². The number of rotatable bonds is 6. The summed E-state index contributed by atoms with van der Waals surface area (Å²) in [5.41, 5.74) is 0. The molecule has 1 aromatic carbocycles. The van der Waals surface area contributed by atoms with Gasteiger partial charge in [0.1, 0.15) is 11.5 Å². The third kappa shape index (κ3) is 4.34. The summed E-state index contributed by atoms with van der Waals surface area (Å²) in [6.07, 6.45) is 0.220. The Labute approximate surface area is 145 Å². The van der Waals surface area contributed by atoms with Gasteiger partial charge in [0.05, 0.1) is 26.5 Å². The highest BCUT2D eigenvalue weighted by molar-refractivity contribution is 7.71. The molecular weight excluding hydrogens is 330 g/mol. The molecule has 2 aromatic rings. The van der Waals surface area contributed by atoms with Crippen molar-refractivity contribution < 1.29 is 18.6 Å². The largest absolute Gasteiger partial charge is 0.497 e. The Bertz CT molecular complexity index is 713. The molecule has 3 rings (SSSR count). The van der Waals surface area contributed by atoms with Gasteiger partial charge in [-0.1, -0.05) is 0 Å². The SMILES string of the molecule is COc1ccc(OCc2nn(CN3CCOC(C)C3)c(=S)o2)cc1. The van der Waals surface area contributed by atoms with Crippen LogP contribution in [0.3, 0.4) is 0 Å². The summed E-state index contributed by atoms with van der Waals surface area (Å²) in [7, 11) is 1.63. The molecule has 0 amide bonds. The molecule has 1 fully saturated rings. The van der Waals surface area contributed by atoms with E-state index >= 15 is 0 Å². The van der Waals surface area contributed by atoms with Crippen molar-refractivity contribution in [2.45, 2.75) is 26.3 Å². The number of aromatic nitrogens is 2. The smallest absolute Gasteiger partial charge is 0.288 e. The Kier molecular flexibility index (Phi) is 5.49. The predicted octanol–water partition coefficient (Wildman–Crippen LogP) is 2.47. The minimum absolute atomic E-state index is 0.220. The van der Waals surface area contributed by atoms with Crippen molar-refractivity contribution in [2.24, 2.45) is 0 Å². The van der Waals surface area contributed by atoms with Crippen molar-refractivity contribution in [3.05, 3.63) is 35.0 Å². The topological polar surface area (TPSA) is 61.9 Å². The lowest BCUT2D eigenvalue weighted by Gasteiger charge is -2.30. The van der Waals surface area contributed by atoms with Crippen LogP contribution < -0.4 is 9.47 Å². The van der Waals surface area contributed by atoms with E-state index in [0.29, 0.717) is 23.1 Å². The van der Waals surface area contributed by atoms with E-state index < -0.39 is 0 Å². The summed E-state index contributed by atoms with van der Waals surface area (Å²) in [5, 5.41) is 4.39. The normalized spacial score (nSPS) is 18.5. The highest BCUT2D eigenvalue weighted by Crippen LogP contribution is 2.18. The summed E-state index contributed by atoms with van der Waals surface area (Å²) in [6.45, 7) is 5.31. The standard InChI is InChI=1S/C16H21N3O4S/c1-12-9-18(7-8-21-12)11-19-16(24)23-15(17-19)10-22-14-5-3-13(20-2)4-6-14/h3-6,12H,7-11H2,1-2H3. The van der Waals surface area contributed by atoms with Crippen LogP contribution in [-0.2, 0) is 18.0 Å². The predicted molar refractivity (Wildman–Crippen MR) is 89.6 cm³/mol. The van der Waals surface area contributed by atoms with Crippen molar-refractivity contribution in [3.8, 4) is 11.5 Å². The average Bonchev–Trinajstić information content (AvgIpc) is 2.93. The van der Waals surface area contributed by atoms with E-state index in [9.17, 15) is 0 Å². The van der Waals surface area contributed by atoms with Crippen LogP contribution in [-0.4, -0.2) is 47.6 Å². The monoisotopic (exact) mass is 351 g/mol. The molecule has 0 spiro atoms. The fraction of sp³-hybridized carbons (Fsp3) is 0.500. The van der Waals surface area contributed by atoms with Crippen molar-refractivity contribution in [1.29, 1.82) is 0 Å². The molecule has 0 aliphatic carbocycles. The van der Waals surface area contributed by atoms with Gasteiger partial charge in [-0.15, -0.1) is 5.10 Å². The lowest BCUT2D eigenvalue weighted by atomic mass is 10.3. The summed E-state index contributed by atoms with van der Waals surface area (Å²) in [6, 6.07) is 7.34. The van der Waals surface area contributed by atoms with Gasteiger partial charge < -0.3 is 18.6 Å². The third-order valence-electron chi connectivity index (χ3n) is 3.73. The molecule has 0 radical (unpaired) electrons. The first kappa shape index (κ1) is 16.9. The molecular formula is C16H21N3O4S. The summed E-state index contributed by atoms with van der Waals surface area (Å²) in [5.74, 6) is 1.95. The summed E-state index contributed by atoms with van der Waals surface area (Å²) >= 11 is 5.24. The molecule has 1 aliphatic heterocycles. The number of hydrogen-bond acceptors (Lipinski definition) is 7. The first-order chi connectivity index (χ1) is 11.6. The zero-order valence-corrected chi connectivity index (χ0v) is 14.6. The number of benzene rings is 1. The minimum Gasteiger partial charge on any atom is -0.497 e. The van der Waals surface area contributed by atoms with Crippen molar-refractivity contribution in [2.75, 3.05) is 26.8 Å². The van der Waals surface area contributed by atoms with E-state index in [1.807, 2.05) is 24.3 Å². The van der Waals surface area contributed by atoms with Crippen LogP contribution in [0.25, 0.3) is 0 Å². The maximum atomic E-state index is 5.66. The van der Waals surface area contributed by atoms with Gasteiger partial charge in [0.2, 0.25) is 0 Å². The molecule has 1 unspecified atom stereocenters. The quantitative estimate of drug-likeness (QED) is 0.741. The first-order valence-electron chi connectivity index (χ1n) is 7.81. The van der Waals surface area contributed by atoms with Crippen LogP contribution >= 0.6 is 12.2 Å². The van der Waals surface area contributed by atoms with Crippen LogP contribution in [0.15, 0.2) is 28.7 Å². The number of ether oxygens (including phenoxy) is 3. The number of morpholine rings is 1. The van der Waals surface area contributed by atoms with E-state index in [1.165, 1.54) is 0 Å². The first-order valence-corrected chi connectivity index (χ1v) is 8.22. The minimum atomic E-state index is 0.220. The lowest BCUT2D eigenvalue weighted by molar-refractivity contribution is -0.0309. The number of hydrogen-bond donors (Lipinski definition) is 0. The lowest BCUT2D eigenvalue weighted by Crippen LogP contribution is -2.42. The molecule has 0 saturated carbocycles.